The van der Waals surface area contributed by atoms with Crippen molar-refractivity contribution in [3.05, 3.63) is 30.1 Å². The summed E-state index contributed by atoms with van der Waals surface area (Å²) in [7, 11) is 0. The van der Waals surface area contributed by atoms with Crippen molar-refractivity contribution in [2.45, 2.75) is 39.8 Å². The van der Waals surface area contributed by atoms with Gasteiger partial charge in [-0.2, -0.15) is 0 Å². The number of hydrogen-bond acceptors (Lipinski definition) is 5. The first-order chi connectivity index (χ1) is 11.0. The van der Waals surface area contributed by atoms with E-state index in [1.165, 1.54) is 0 Å². The molecule has 1 amide bonds. The molecule has 0 bridgehead atoms. The fourth-order valence-corrected chi connectivity index (χ4v) is 2.93. The van der Waals surface area contributed by atoms with Gasteiger partial charge in [0.1, 0.15) is 0 Å². The third-order valence-electron chi connectivity index (χ3n) is 4.17. The van der Waals surface area contributed by atoms with Crippen molar-refractivity contribution in [1.82, 2.24) is 26.5 Å². The van der Waals surface area contributed by atoms with E-state index >= 15 is 0 Å². The van der Waals surface area contributed by atoms with Gasteiger partial charge in [-0.15, -0.1) is 0 Å². The van der Waals surface area contributed by atoms with Crippen LogP contribution >= 0.6 is 0 Å². The Kier molecular flexibility index (Phi) is 6.50. The summed E-state index contributed by atoms with van der Waals surface area (Å²) in [5, 5.41) is 6.32. The fourth-order valence-electron chi connectivity index (χ4n) is 2.93. The highest BCUT2D eigenvalue weighted by atomic mass is 16.1. The van der Waals surface area contributed by atoms with Gasteiger partial charge in [-0.1, -0.05) is 26.8 Å². The molecule has 0 aliphatic carbocycles. The van der Waals surface area contributed by atoms with Gasteiger partial charge in [-0.25, -0.2) is 0 Å². The van der Waals surface area contributed by atoms with Crippen LogP contribution in [0.2, 0.25) is 0 Å². The van der Waals surface area contributed by atoms with E-state index in [2.05, 4.69) is 47.2 Å². The predicted octanol–water partition coefficient (Wildman–Crippen LogP) is 0.816. The Balaban J connectivity index is 1.60. The number of amides is 1. The van der Waals surface area contributed by atoms with Gasteiger partial charge in [0.2, 0.25) is 5.91 Å². The van der Waals surface area contributed by atoms with Crippen LogP contribution in [0.5, 0.6) is 0 Å². The van der Waals surface area contributed by atoms with Gasteiger partial charge in [0.25, 0.3) is 0 Å². The number of hydrogen-bond donors (Lipinski definition) is 4. The van der Waals surface area contributed by atoms with Gasteiger partial charge in [-0.3, -0.25) is 20.6 Å². The van der Waals surface area contributed by atoms with Crippen molar-refractivity contribution in [2.24, 2.45) is 11.3 Å². The molecule has 128 valence electrons. The number of pyridine rings is 1. The Morgan fingerprint density at radius 3 is 2.96 bits per heavy atom. The lowest BCUT2D eigenvalue weighted by Gasteiger charge is -2.31. The molecule has 2 atom stereocenters. The molecular weight excluding hydrogens is 290 g/mol. The van der Waals surface area contributed by atoms with Gasteiger partial charge < -0.3 is 10.6 Å². The zero-order valence-corrected chi connectivity index (χ0v) is 14.4. The molecule has 4 N–H and O–H groups in total. The predicted molar refractivity (Wildman–Crippen MR) is 91.4 cm³/mol. The molecule has 1 aliphatic heterocycles. The summed E-state index contributed by atoms with van der Waals surface area (Å²) in [5.41, 5.74) is 7.84. The molecule has 1 aliphatic rings. The Morgan fingerprint density at radius 2 is 2.26 bits per heavy atom. The van der Waals surface area contributed by atoms with Crippen LogP contribution in [0, 0.1) is 11.3 Å². The first-order valence-electron chi connectivity index (χ1n) is 8.31. The van der Waals surface area contributed by atoms with Crippen LogP contribution < -0.4 is 21.5 Å². The van der Waals surface area contributed by atoms with E-state index in [0.29, 0.717) is 31.5 Å². The zero-order valence-electron chi connectivity index (χ0n) is 14.4. The minimum Gasteiger partial charge on any atom is -0.352 e. The highest BCUT2D eigenvalue weighted by Crippen LogP contribution is 2.26. The molecule has 0 aromatic carbocycles. The zero-order chi connectivity index (χ0) is 16.7. The summed E-state index contributed by atoms with van der Waals surface area (Å²) < 4.78 is 0. The number of carbonyl (C=O) groups is 1. The van der Waals surface area contributed by atoms with Crippen molar-refractivity contribution in [3.8, 4) is 0 Å². The fraction of sp³-hybridized carbons (Fsp3) is 0.647. The van der Waals surface area contributed by atoms with Crippen LogP contribution in [0.1, 0.15) is 32.8 Å². The SMILES string of the molecule is CC(C)(C)C1NNCC1CNCCC(=O)NCc1cccnc1. The molecule has 0 spiro atoms. The van der Waals surface area contributed by atoms with Crippen molar-refractivity contribution in [1.29, 1.82) is 0 Å². The summed E-state index contributed by atoms with van der Waals surface area (Å²) in [5.74, 6) is 0.602. The lowest BCUT2D eigenvalue weighted by Crippen LogP contribution is -2.44. The molecule has 1 aromatic rings. The van der Waals surface area contributed by atoms with E-state index in [1.807, 2.05) is 12.1 Å². The van der Waals surface area contributed by atoms with Crippen molar-refractivity contribution in [2.75, 3.05) is 19.6 Å². The second kappa shape index (κ2) is 8.38. The number of rotatable bonds is 7. The average molecular weight is 319 g/mol. The summed E-state index contributed by atoms with van der Waals surface area (Å²) in [6.45, 7) is 9.85. The van der Waals surface area contributed by atoms with E-state index in [1.54, 1.807) is 12.4 Å². The molecule has 23 heavy (non-hydrogen) atoms. The molecule has 1 fully saturated rings. The second-order valence-corrected chi connectivity index (χ2v) is 7.22. The number of nitrogens with one attached hydrogen (secondary N) is 4. The summed E-state index contributed by atoms with van der Waals surface area (Å²) >= 11 is 0. The van der Waals surface area contributed by atoms with Gasteiger partial charge in [0.05, 0.1) is 0 Å². The molecule has 2 rings (SSSR count). The average Bonchev–Trinajstić information content (AvgIpc) is 2.99. The quantitative estimate of drug-likeness (QED) is 0.560. The number of hydrazine groups is 1. The molecule has 6 heteroatoms. The molecular formula is C17H29N5O. The maximum Gasteiger partial charge on any atom is 0.221 e. The van der Waals surface area contributed by atoms with Gasteiger partial charge in [0.15, 0.2) is 0 Å². The number of carbonyl (C=O) groups excluding carboxylic acids is 1. The van der Waals surface area contributed by atoms with Crippen molar-refractivity contribution < 1.29 is 4.79 Å². The maximum absolute atomic E-state index is 11.8. The molecule has 2 unspecified atom stereocenters. The minimum atomic E-state index is 0.0661. The van der Waals surface area contributed by atoms with Crippen LogP contribution in [-0.2, 0) is 11.3 Å². The third-order valence-corrected chi connectivity index (χ3v) is 4.17. The molecule has 2 heterocycles. The summed E-state index contributed by atoms with van der Waals surface area (Å²) in [6.07, 6.45) is 3.99. The normalized spacial score (nSPS) is 21.3. The topological polar surface area (TPSA) is 78.1 Å². The van der Waals surface area contributed by atoms with E-state index in [-0.39, 0.29) is 11.3 Å². The molecule has 0 radical (unpaired) electrons. The van der Waals surface area contributed by atoms with Gasteiger partial charge in [0, 0.05) is 57.0 Å². The minimum absolute atomic E-state index is 0.0661. The highest BCUT2D eigenvalue weighted by molar-refractivity contribution is 5.76. The van der Waals surface area contributed by atoms with Crippen molar-refractivity contribution in [3.63, 3.8) is 0 Å². The monoisotopic (exact) mass is 319 g/mol. The lowest BCUT2D eigenvalue weighted by atomic mass is 9.80. The van der Waals surface area contributed by atoms with Gasteiger partial charge >= 0.3 is 0 Å². The first-order valence-corrected chi connectivity index (χ1v) is 8.31. The van der Waals surface area contributed by atoms with Crippen LogP contribution in [-0.4, -0.2) is 36.6 Å². The number of nitrogens with zero attached hydrogens (tertiary/aromatic N) is 1. The second-order valence-electron chi connectivity index (χ2n) is 7.22. The highest BCUT2D eigenvalue weighted by Gasteiger charge is 2.35. The summed E-state index contributed by atoms with van der Waals surface area (Å²) in [4.78, 5) is 15.9. The number of aromatic nitrogens is 1. The molecule has 0 saturated carbocycles. The smallest absolute Gasteiger partial charge is 0.221 e. The largest absolute Gasteiger partial charge is 0.352 e. The standard InChI is InChI=1S/C17H29N5O/c1-17(2,3)16-14(12-21-22-16)11-19-8-6-15(23)20-10-13-5-4-7-18-9-13/h4-5,7,9,14,16,19,21-22H,6,8,10-12H2,1-3H3,(H,20,23). The Morgan fingerprint density at radius 1 is 1.43 bits per heavy atom. The van der Waals surface area contributed by atoms with Crippen LogP contribution in [0.4, 0.5) is 0 Å². The van der Waals surface area contributed by atoms with E-state index < -0.39 is 0 Å². The van der Waals surface area contributed by atoms with Gasteiger partial charge in [-0.05, 0) is 17.0 Å². The molecule has 1 aromatic heterocycles. The van der Waals surface area contributed by atoms with E-state index in [0.717, 1.165) is 18.7 Å². The first kappa shape index (κ1) is 17.8. The Bertz CT molecular complexity index is 486. The van der Waals surface area contributed by atoms with E-state index in [4.69, 9.17) is 0 Å². The lowest BCUT2D eigenvalue weighted by molar-refractivity contribution is -0.121. The van der Waals surface area contributed by atoms with Crippen LogP contribution in [0.25, 0.3) is 0 Å². The third kappa shape index (κ3) is 5.89. The van der Waals surface area contributed by atoms with E-state index in [9.17, 15) is 4.79 Å². The Labute approximate surface area is 138 Å². The maximum atomic E-state index is 11.8. The Hall–Kier alpha value is -1.50. The van der Waals surface area contributed by atoms with Crippen LogP contribution in [0.3, 0.4) is 0 Å². The van der Waals surface area contributed by atoms with Crippen molar-refractivity contribution >= 4 is 5.91 Å². The van der Waals surface area contributed by atoms with Crippen LogP contribution in [0.15, 0.2) is 24.5 Å². The molecule has 6 nitrogen and oxygen atoms in total. The molecule has 1 saturated heterocycles. The summed E-state index contributed by atoms with van der Waals surface area (Å²) in [6, 6.07) is 4.27.